The molecule has 2 aliphatic heterocycles. The Kier molecular flexibility index (Phi) is 7.69. The highest BCUT2D eigenvalue weighted by atomic mass is 19.1. The van der Waals surface area contributed by atoms with Gasteiger partial charge in [-0.05, 0) is 44.5 Å². The van der Waals surface area contributed by atoms with Gasteiger partial charge < -0.3 is 30.3 Å². The number of ether oxygens (including phenoxy) is 2. The largest absolute Gasteiger partial charge is 0.381 e. The van der Waals surface area contributed by atoms with Crippen LogP contribution in [0.5, 0.6) is 0 Å². The van der Waals surface area contributed by atoms with E-state index in [2.05, 4.69) is 44.8 Å². The second kappa shape index (κ2) is 11.6. The van der Waals surface area contributed by atoms with Crippen molar-refractivity contribution >= 4 is 45.0 Å². The Morgan fingerprint density at radius 2 is 2.05 bits per heavy atom. The molecule has 0 spiro atoms. The van der Waals surface area contributed by atoms with Gasteiger partial charge in [0.2, 0.25) is 5.95 Å². The normalized spacial score (nSPS) is 21.1. The number of halogens is 1. The highest BCUT2D eigenvalue weighted by Crippen LogP contribution is 2.31. The first-order chi connectivity index (χ1) is 19.8. The van der Waals surface area contributed by atoms with Gasteiger partial charge >= 0.3 is 0 Å². The van der Waals surface area contributed by atoms with Crippen LogP contribution in [0, 0.1) is 11.7 Å². The molecule has 4 heterocycles. The Morgan fingerprint density at radius 1 is 1.22 bits per heavy atom. The highest BCUT2D eigenvalue weighted by Gasteiger charge is 2.25. The van der Waals surface area contributed by atoms with Crippen molar-refractivity contribution in [3.05, 3.63) is 48.0 Å². The summed E-state index contributed by atoms with van der Waals surface area (Å²) >= 11 is 0. The lowest BCUT2D eigenvalue weighted by Gasteiger charge is -2.38. The number of hydrogen-bond acceptors (Lipinski definition) is 9. The molecule has 2 aromatic heterocycles. The summed E-state index contributed by atoms with van der Waals surface area (Å²) in [5, 5.41) is 15.0. The number of rotatable bonds is 8. The van der Waals surface area contributed by atoms with Gasteiger partial charge in [0, 0.05) is 79.3 Å². The lowest BCUT2D eigenvalue weighted by atomic mass is 10.0. The minimum Gasteiger partial charge on any atom is -0.381 e. The van der Waals surface area contributed by atoms with Gasteiger partial charge in [0.1, 0.15) is 12.2 Å². The first-order valence-corrected chi connectivity index (χ1v) is 14.0. The molecule has 0 radical (unpaired) electrons. The van der Waals surface area contributed by atoms with Gasteiger partial charge in [-0.1, -0.05) is 0 Å². The third kappa shape index (κ3) is 5.95. The molecule has 1 amide bonds. The molecule has 2 aliphatic rings. The topological polar surface area (TPSA) is 118 Å². The first-order valence-electron chi connectivity index (χ1n) is 14.0. The minimum atomic E-state index is -0.501. The third-order valence-corrected chi connectivity index (χ3v) is 7.51. The van der Waals surface area contributed by atoms with E-state index in [1.54, 1.807) is 36.3 Å². The van der Waals surface area contributed by atoms with Gasteiger partial charge in [-0.25, -0.2) is 14.4 Å². The van der Waals surface area contributed by atoms with Gasteiger partial charge in [0.15, 0.2) is 5.82 Å². The summed E-state index contributed by atoms with van der Waals surface area (Å²) in [5.41, 5.74) is 2.42. The smallest absolute Gasteiger partial charge is 0.257 e. The maximum absolute atomic E-state index is 14.7. The second-order valence-corrected chi connectivity index (χ2v) is 11.0. The summed E-state index contributed by atoms with van der Waals surface area (Å²) in [7, 11) is 1.73. The predicted octanol–water partition coefficient (Wildman–Crippen LogP) is 3.52. The van der Waals surface area contributed by atoms with Crippen molar-refractivity contribution in [2.75, 3.05) is 55.2 Å². The molecule has 3 N–H and O–H groups in total. The van der Waals surface area contributed by atoms with E-state index in [1.807, 2.05) is 6.07 Å². The molecule has 12 heteroatoms. The van der Waals surface area contributed by atoms with Crippen LogP contribution in [-0.4, -0.2) is 77.4 Å². The fourth-order valence-electron chi connectivity index (χ4n) is 5.71. The second-order valence-electron chi connectivity index (χ2n) is 11.0. The van der Waals surface area contributed by atoms with Crippen molar-refractivity contribution in [3.63, 3.8) is 0 Å². The van der Waals surface area contributed by atoms with E-state index in [9.17, 15) is 9.18 Å². The molecule has 3 atom stereocenters. The number of anilines is 3. The van der Waals surface area contributed by atoms with E-state index < -0.39 is 11.7 Å². The van der Waals surface area contributed by atoms with Crippen LogP contribution >= 0.6 is 0 Å². The van der Waals surface area contributed by atoms with Crippen LogP contribution < -0.4 is 20.9 Å². The average Bonchev–Trinajstić information content (AvgIpc) is 3.59. The van der Waals surface area contributed by atoms with Crippen LogP contribution in [0.15, 0.2) is 36.7 Å². The molecule has 4 aromatic rings. The summed E-state index contributed by atoms with van der Waals surface area (Å²) in [6, 6.07) is 7.31. The number of nitrogens with one attached hydrogen (secondary N) is 3. The van der Waals surface area contributed by atoms with Gasteiger partial charge in [0.05, 0.1) is 24.3 Å². The minimum absolute atomic E-state index is 0.237. The Bertz CT molecular complexity index is 1560. The molecule has 6 rings (SSSR count). The number of aromatic nitrogens is 4. The number of carbonyl (C=O) groups excluding carboxylic acids is 1. The summed E-state index contributed by atoms with van der Waals surface area (Å²) in [6.07, 6.45) is 4.45. The zero-order valence-electron chi connectivity index (χ0n) is 23.5. The zero-order valence-corrected chi connectivity index (χ0v) is 23.5. The molecule has 0 unspecified atom stereocenters. The number of hydrogen-bond donors (Lipinski definition) is 3. The van der Waals surface area contributed by atoms with Crippen LogP contribution in [0.1, 0.15) is 30.6 Å². The monoisotopic (exact) mass is 562 g/mol. The number of carbonyl (C=O) groups is 1. The molecule has 41 heavy (non-hydrogen) atoms. The van der Waals surface area contributed by atoms with Crippen LogP contribution in [-0.2, 0) is 16.5 Å². The average molecular weight is 563 g/mol. The number of amides is 1. The lowest BCUT2D eigenvalue weighted by molar-refractivity contribution is 0.102. The molecule has 0 bridgehead atoms. The van der Waals surface area contributed by atoms with Crippen LogP contribution in [0.25, 0.3) is 21.8 Å². The Balaban J connectivity index is 1.30. The SMILES string of the molecule is C[C@H]1CN(c2ccc(C(=O)Nc3cc(F)c4nn(C)cc4c3)c3nc(NCOC[C@@H]4CCOC4)ncc23)C[C@H](C)N1. The van der Waals surface area contributed by atoms with Crippen molar-refractivity contribution in [1.29, 1.82) is 0 Å². The van der Waals surface area contributed by atoms with E-state index in [4.69, 9.17) is 14.5 Å². The standard InChI is InChI=1S/C29H35FN8O3/c1-17-11-38(12-18(2)33-17)25-5-4-22(28(39)34-21-8-20-13-37(3)36-26(20)24(30)9-21)27-23(25)10-31-29(35-27)32-16-41-15-19-6-7-40-14-19/h4-5,8-10,13,17-19,33H,6-7,11-12,14-16H2,1-3H3,(H,34,39)(H,31,32,35)/t17-,18-,19+/m0/s1. The van der Waals surface area contributed by atoms with Gasteiger partial charge in [0.25, 0.3) is 5.91 Å². The number of fused-ring (bicyclic) bond motifs is 2. The van der Waals surface area contributed by atoms with E-state index in [0.29, 0.717) is 59.3 Å². The molecule has 216 valence electrons. The number of benzene rings is 2. The molecular weight excluding hydrogens is 527 g/mol. The fourth-order valence-corrected chi connectivity index (χ4v) is 5.71. The lowest BCUT2D eigenvalue weighted by Crippen LogP contribution is -2.54. The molecule has 0 saturated carbocycles. The van der Waals surface area contributed by atoms with Crippen molar-refractivity contribution < 1.29 is 18.7 Å². The Morgan fingerprint density at radius 3 is 2.83 bits per heavy atom. The van der Waals surface area contributed by atoms with E-state index in [0.717, 1.165) is 37.2 Å². The fraction of sp³-hybridized carbons (Fsp3) is 0.448. The van der Waals surface area contributed by atoms with E-state index in [-0.39, 0.29) is 12.2 Å². The molecule has 11 nitrogen and oxygen atoms in total. The van der Waals surface area contributed by atoms with Gasteiger partial charge in [-0.15, -0.1) is 0 Å². The van der Waals surface area contributed by atoms with Gasteiger partial charge in [-0.2, -0.15) is 5.10 Å². The van der Waals surface area contributed by atoms with Crippen molar-refractivity contribution in [1.82, 2.24) is 25.1 Å². The van der Waals surface area contributed by atoms with Crippen molar-refractivity contribution in [3.8, 4) is 0 Å². The van der Waals surface area contributed by atoms with Crippen LogP contribution in [0.2, 0.25) is 0 Å². The summed E-state index contributed by atoms with van der Waals surface area (Å²) in [4.78, 5) is 25.2. The van der Waals surface area contributed by atoms with Crippen molar-refractivity contribution in [2.45, 2.75) is 32.4 Å². The molecule has 2 fully saturated rings. The summed E-state index contributed by atoms with van der Waals surface area (Å²) < 4.78 is 27.4. The Labute approximate surface area is 237 Å². The first kappa shape index (κ1) is 27.3. The number of piperazine rings is 1. The molecular formula is C29H35FN8O3. The van der Waals surface area contributed by atoms with Crippen LogP contribution in [0.3, 0.4) is 0 Å². The van der Waals surface area contributed by atoms with Crippen LogP contribution in [0.4, 0.5) is 21.7 Å². The Hall–Kier alpha value is -3.87. The van der Waals surface area contributed by atoms with Gasteiger partial charge in [-0.3, -0.25) is 9.48 Å². The van der Waals surface area contributed by atoms with E-state index >= 15 is 0 Å². The summed E-state index contributed by atoms with van der Waals surface area (Å²) in [5.74, 6) is -0.144. The predicted molar refractivity (Wildman–Crippen MR) is 156 cm³/mol. The maximum Gasteiger partial charge on any atom is 0.257 e. The number of aryl methyl sites for hydroxylation is 1. The zero-order chi connectivity index (χ0) is 28.5. The number of nitrogens with zero attached hydrogens (tertiary/aromatic N) is 5. The maximum atomic E-state index is 14.7. The quantitative estimate of drug-likeness (QED) is 0.219. The molecule has 2 saturated heterocycles. The molecule has 2 aromatic carbocycles. The van der Waals surface area contributed by atoms with Crippen molar-refractivity contribution in [2.24, 2.45) is 13.0 Å². The van der Waals surface area contributed by atoms with E-state index in [1.165, 1.54) is 6.07 Å². The third-order valence-electron chi connectivity index (χ3n) is 7.51. The summed E-state index contributed by atoms with van der Waals surface area (Å²) in [6.45, 7) is 8.25. The molecule has 0 aliphatic carbocycles. The highest BCUT2D eigenvalue weighted by molar-refractivity contribution is 6.14.